The third-order valence-corrected chi connectivity index (χ3v) is 3.12. The van der Waals surface area contributed by atoms with Gasteiger partial charge in [0.25, 0.3) is 0 Å². The molecule has 0 bridgehead atoms. The highest BCUT2D eigenvalue weighted by molar-refractivity contribution is 6.23. The number of fused-ring (bicyclic) bond motifs is 1. The van der Waals surface area contributed by atoms with Gasteiger partial charge in [0.05, 0.1) is 13.2 Å². The van der Waals surface area contributed by atoms with E-state index in [1.807, 2.05) is 0 Å². The number of carbonyl (C=O) groups excluding carboxylic acids is 4. The van der Waals surface area contributed by atoms with E-state index in [2.05, 4.69) is 0 Å². The molecule has 2 heterocycles. The lowest BCUT2D eigenvalue weighted by atomic mass is 9.97. The number of carbonyl (C=O) groups is 4. The molecule has 2 aliphatic rings. The summed E-state index contributed by atoms with van der Waals surface area (Å²) >= 11 is 0. The van der Waals surface area contributed by atoms with E-state index in [9.17, 15) is 19.2 Å². The van der Waals surface area contributed by atoms with Crippen molar-refractivity contribution in [1.29, 1.82) is 0 Å². The molecule has 0 fully saturated rings. The maximum Gasteiger partial charge on any atom is 0.333 e. The van der Waals surface area contributed by atoms with E-state index in [1.165, 1.54) is 18.2 Å². The van der Waals surface area contributed by atoms with Crippen molar-refractivity contribution in [3.05, 3.63) is 23.9 Å². The van der Waals surface area contributed by atoms with Crippen LogP contribution in [0.3, 0.4) is 0 Å². The van der Waals surface area contributed by atoms with Crippen LogP contribution >= 0.6 is 0 Å². The Morgan fingerprint density at radius 2 is 1.76 bits per heavy atom. The van der Waals surface area contributed by atoms with Gasteiger partial charge in [0, 0.05) is 11.8 Å². The topological polar surface area (TPSA) is 90.0 Å². The molecule has 112 valence electrons. The van der Waals surface area contributed by atoms with Crippen molar-refractivity contribution >= 4 is 23.6 Å². The van der Waals surface area contributed by atoms with Gasteiger partial charge in [0.1, 0.15) is 0 Å². The van der Waals surface area contributed by atoms with Gasteiger partial charge >= 0.3 is 11.9 Å². The molecule has 0 aromatic rings. The van der Waals surface area contributed by atoms with Gasteiger partial charge in [0.2, 0.25) is 5.91 Å². The Morgan fingerprint density at radius 1 is 1.14 bits per heavy atom. The molecule has 0 saturated carbocycles. The third-order valence-electron chi connectivity index (χ3n) is 3.12. The number of amides is 1. The fraction of sp³-hybridized carbons (Fsp3) is 0.429. The molecule has 0 aliphatic carbocycles. The Morgan fingerprint density at radius 3 is 2.38 bits per heavy atom. The predicted octanol–water partition coefficient (Wildman–Crippen LogP) is -0.0376. The van der Waals surface area contributed by atoms with E-state index in [1.54, 1.807) is 13.8 Å². The van der Waals surface area contributed by atoms with Crippen LogP contribution in [-0.2, 0) is 28.7 Å². The van der Waals surface area contributed by atoms with Crippen LogP contribution in [0.15, 0.2) is 23.9 Å². The second-order valence-corrected chi connectivity index (χ2v) is 4.42. The summed E-state index contributed by atoms with van der Waals surface area (Å²) in [4.78, 5) is 48.9. The van der Waals surface area contributed by atoms with Crippen LogP contribution in [-0.4, -0.2) is 47.8 Å². The first-order valence-corrected chi connectivity index (χ1v) is 6.61. The number of allylic oxidation sites excluding steroid dienone is 2. The number of ketones is 1. The molecule has 0 spiro atoms. The lowest BCUT2D eigenvalue weighted by Crippen LogP contribution is -2.50. The molecule has 21 heavy (non-hydrogen) atoms. The van der Waals surface area contributed by atoms with Crippen LogP contribution < -0.4 is 0 Å². The predicted molar refractivity (Wildman–Crippen MR) is 69.6 cm³/mol. The van der Waals surface area contributed by atoms with E-state index < -0.39 is 35.6 Å². The molecule has 0 aromatic carbocycles. The molecule has 2 aliphatic heterocycles. The number of rotatable bonds is 4. The summed E-state index contributed by atoms with van der Waals surface area (Å²) in [5.41, 5.74) is 0.281. The van der Waals surface area contributed by atoms with Gasteiger partial charge in [-0.2, -0.15) is 0 Å². The minimum absolute atomic E-state index is 0.0615. The number of ether oxygens (including phenoxy) is 2. The number of nitrogens with zero attached hydrogens (tertiary/aromatic N) is 1. The fourth-order valence-corrected chi connectivity index (χ4v) is 2.24. The van der Waals surface area contributed by atoms with Gasteiger partial charge in [-0.3, -0.25) is 19.3 Å². The van der Waals surface area contributed by atoms with Gasteiger partial charge < -0.3 is 9.47 Å². The zero-order valence-corrected chi connectivity index (χ0v) is 11.7. The lowest BCUT2D eigenvalue weighted by Gasteiger charge is -2.30. The van der Waals surface area contributed by atoms with Gasteiger partial charge in [-0.15, -0.1) is 0 Å². The average molecular weight is 293 g/mol. The molecule has 0 aromatic heterocycles. The zero-order chi connectivity index (χ0) is 15.6. The van der Waals surface area contributed by atoms with E-state index in [4.69, 9.17) is 9.47 Å². The second-order valence-electron chi connectivity index (χ2n) is 4.42. The first kappa shape index (κ1) is 15.0. The monoisotopic (exact) mass is 293 g/mol. The fourth-order valence-electron chi connectivity index (χ4n) is 2.24. The van der Waals surface area contributed by atoms with Crippen molar-refractivity contribution in [2.24, 2.45) is 5.92 Å². The second kappa shape index (κ2) is 5.90. The highest BCUT2D eigenvalue weighted by Crippen LogP contribution is 2.29. The molecular weight excluding hydrogens is 278 g/mol. The minimum atomic E-state index is -1.55. The van der Waals surface area contributed by atoms with Crippen molar-refractivity contribution in [3.63, 3.8) is 0 Å². The van der Waals surface area contributed by atoms with Crippen molar-refractivity contribution in [3.8, 4) is 0 Å². The van der Waals surface area contributed by atoms with E-state index >= 15 is 0 Å². The summed E-state index contributed by atoms with van der Waals surface area (Å²) in [5, 5.41) is 0. The quantitative estimate of drug-likeness (QED) is 0.534. The minimum Gasteiger partial charge on any atom is -0.465 e. The Hall–Kier alpha value is -2.44. The molecule has 0 saturated heterocycles. The van der Waals surface area contributed by atoms with Crippen molar-refractivity contribution < 1.29 is 28.7 Å². The van der Waals surface area contributed by atoms with Crippen molar-refractivity contribution in [2.75, 3.05) is 13.2 Å². The van der Waals surface area contributed by atoms with Crippen LogP contribution in [0.5, 0.6) is 0 Å². The maximum absolute atomic E-state index is 12.4. The smallest absolute Gasteiger partial charge is 0.333 e. The van der Waals surface area contributed by atoms with Crippen LogP contribution in [0.2, 0.25) is 0 Å². The summed E-state index contributed by atoms with van der Waals surface area (Å²) in [6.07, 6.45) is 4.11. The third kappa shape index (κ3) is 2.58. The molecule has 7 heteroatoms. The van der Waals surface area contributed by atoms with Crippen molar-refractivity contribution in [2.45, 2.75) is 19.9 Å². The zero-order valence-electron chi connectivity index (χ0n) is 11.7. The van der Waals surface area contributed by atoms with E-state index in [0.29, 0.717) is 0 Å². The Labute approximate surface area is 121 Å². The van der Waals surface area contributed by atoms with Gasteiger partial charge in [-0.25, -0.2) is 4.79 Å². The summed E-state index contributed by atoms with van der Waals surface area (Å²) in [6, 6.07) is -0.950. The largest absolute Gasteiger partial charge is 0.465 e. The summed E-state index contributed by atoms with van der Waals surface area (Å²) in [6.45, 7) is 3.46. The van der Waals surface area contributed by atoms with Gasteiger partial charge in [0.15, 0.2) is 17.7 Å². The first-order chi connectivity index (χ1) is 10.0. The van der Waals surface area contributed by atoms with Crippen LogP contribution in [0.1, 0.15) is 13.8 Å². The molecule has 7 nitrogen and oxygen atoms in total. The average Bonchev–Trinajstić information content (AvgIpc) is 2.83. The number of hydrogen-bond acceptors (Lipinski definition) is 6. The summed E-state index contributed by atoms with van der Waals surface area (Å²) in [5.74, 6) is -4.47. The molecule has 0 radical (unpaired) electrons. The first-order valence-electron chi connectivity index (χ1n) is 6.61. The van der Waals surface area contributed by atoms with Crippen LogP contribution in [0, 0.1) is 5.92 Å². The highest BCUT2D eigenvalue weighted by atomic mass is 16.5. The molecule has 1 amide bonds. The summed E-state index contributed by atoms with van der Waals surface area (Å²) in [7, 11) is 0. The lowest BCUT2D eigenvalue weighted by molar-refractivity contribution is -0.161. The Bertz CT molecular complexity index is 562. The maximum atomic E-state index is 12.4. The van der Waals surface area contributed by atoms with Gasteiger partial charge in [-0.05, 0) is 26.0 Å². The highest BCUT2D eigenvalue weighted by Gasteiger charge is 2.47. The Kier molecular flexibility index (Phi) is 4.21. The van der Waals surface area contributed by atoms with E-state index in [-0.39, 0.29) is 18.9 Å². The summed E-state index contributed by atoms with van der Waals surface area (Å²) < 4.78 is 9.62. The Balaban J connectivity index is 2.29. The molecule has 2 atom stereocenters. The molecule has 2 rings (SSSR count). The van der Waals surface area contributed by atoms with Crippen molar-refractivity contribution in [1.82, 2.24) is 4.90 Å². The SMILES string of the molecule is CCOC(=O)C1C(=O)C=C2C=C[C@H](C(=O)OCC)N2C1=O. The number of hydrogen-bond donors (Lipinski definition) is 0. The molecular formula is C14H15NO6. The van der Waals surface area contributed by atoms with Crippen LogP contribution in [0.4, 0.5) is 0 Å². The standard InChI is InChI=1S/C14H15NO6/c1-3-20-13(18)9-6-5-8-7-10(16)11(12(17)15(8)9)14(19)21-4-2/h5-7,9,11H,3-4H2,1-2H3/t9-,11?/m1/s1. The van der Waals surface area contributed by atoms with Gasteiger partial charge in [-0.1, -0.05) is 0 Å². The van der Waals surface area contributed by atoms with Crippen LogP contribution in [0.25, 0.3) is 0 Å². The normalized spacial score (nSPS) is 23.7. The van der Waals surface area contributed by atoms with E-state index in [0.717, 1.165) is 4.90 Å². The number of esters is 2. The molecule has 0 N–H and O–H groups in total. The molecule has 1 unspecified atom stereocenters.